The molecule has 2 aromatic rings. The Kier molecular flexibility index (Phi) is 4.12. The number of carboxylic acid groups (broad SMARTS) is 1. The van der Waals surface area contributed by atoms with E-state index in [0.29, 0.717) is 18.7 Å². The van der Waals surface area contributed by atoms with Crippen molar-refractivity contribution in [2.75, 3.05) is 13.2 Å². The number of nitrogens with one attached hydrogen (secondary N) is 1. The number of aromatic nitrogens is 2. The van der Waals surface area contributed by atoms with Crippen LogP contribution in [0.4, 0.5) is 0 Å². The van der Waals surface area contributed by atoms with Gasteiger partial charge in [-0.15, -0.1) is 0 Å². The first-order valence-corrected chi connectivity index (χ1v) is 7.29. The van der Waals surface area contributed by atoms with Crippen molar-refractivity contribution >= 4 is 11.9 Å². The van der Waals surface area contributed by atoms with Gasteiger partial charge in [-0.05, 0) is 23.8 Å². The van der Waals surface area contributed by atoms with Gasteiger partial charge in [0.25, 0.3) is 5.91 Å². The minimum absolute atomic E-state index is 0.00848. The summed E-state index contributed by atoms with van der Waals surface area (Å²) in [4.78, 5) is 23.7. The van der Waals surface area contributed by atoms with Gasteiger partial charge in [0.05, 0.1) is 13.2 Å². The molecule has 120 valence electrons. The second-order valence-electron chi connectivity index (χ2n) is 5.54. The SMILES string of the molecule is O=C(NC1(C(=O)O)CCOC1)c1ccc(Cn2cccn2)cc1. The molecule has 2 heterocycles. The predicted molar refractivity (Wildman–Crippen MR) is 81.0 cm³/mol. The summed E-state index contributed by atoms with van der Waals surface area (Å²) in [6.07, 6.45) is 3.83. The number of benzene rings is 1. The van der Waals surface area contributed by atoms with Crippen LogP contribution < -0.4 is 5.32 Å². The predicted octanol–water partition coefficient (Wildman–Crippen LogP) is 0.905. The first-order valence-electron chi connectivity index (χ1n) is 7.29. The summed E-state index contributed by atoms with van der Waals surface area (Å²) in [5.41, 5.74) is 0.0919. The molecular weight excluding hydrogens is 298 g/mol. The molecular formula is C16H17N3O4. The van der Waals surface area contributed by atoms with E-state index in [9.17, 15) is 14.7 Å². The second kappa shape index (κ2) is 6.21. The van der Waals surface area contributed by atoms with Crippen molar-refractivity contribution in [1.82, 2.24) is 15.1 Å². The van der Waals surface area contributed by atoms with Crippen LogP contribution in [0.1, 0.15) is 22.3 Å². The summed E-state index contributed by atoms with van der Waals surface area (Å²) in [6, 6.07) is 8.86. The van der Waals surface area contributed by atoms with Gasteiger partial charge >= 0.3 is 5.97 Å². The first kappa shape index (κ1) is 15.2. The van der Waals surface area contributed by atoms with Crippen molar-refractivity contribution in [1.29, 1.82) is 0 Å². The van der Waals surface area contributed by atoms with E-state index in [0.717, 1.165) is 5.56 Å². The molecule has 1 unspecified atom stereocenters. The second-order valence-corrected chi connectivity index (χ2v) is 5.54. The maximum Gasteiger partial charge on any atom is 0.331 e. The number of rotatable bonds is 5. The summed E-state index contributed by atoms with van der Waals surface area (Å²) in [5.74, 6) is -1.48. The smallest absolute Gasteiger partial charge is 0.331 e. The molecule has 0 bridgehead atoms. The lowest BCUT2D eigenvalue weighted by molar-refractivity contribution is -0.144. The average molecular weight is 315 g/mol. The van der Waals surface area contributed by atoms with Gasteiger partial charge in [0.2, 0.25) is 0 Å². The van der Waals surface area contributed by atoms with Gasteiger partial charge < -0.3 is 15.2 Å². The summed E-state index contributed by atoms with van der Waals surface area (Å²) in [7, 11) is 0. The fourth-order valence-electron chi connectivity index (χ4n) is 2.52. The number of hydrogen-bond acceptors (Lipinski definition) is 4. The first-order chi connectivity index (χ1) is 11.1. The molecule has 0 spiro atoms. The van der Waals surface area contributed by atoms with Crippen LogP contribution in [0, 0.1) is 0 Å². The Morgan fingerprint density at radius 1 is 1.35 bits per heavy atom. The number of nitrogens with zero attached hydrogens (tertiary/aromatic N) is 2. The van der Waals surface area contributed by atoms with Crippen molar-refractivity contribution in [3.63, 3.8) is 0 Å². The van der Waals surface area contributed by atoms with Crippen LogP contribution in [-0.2, 0) is 16.1 Å². The number of carbonyl (C=O) groups is 2. The van der Waals surface area contributed by atoms with Gasteiger partial charge in [-0.3, -0.25) is 9.48 Å². The maximum absolute atomic E-state index is 12.3. The summed E-state index contributed by atoms with van der Waals surface area (Å²) >= 11 is 0. The van der Waals surface area contributed by atoms with Crippen LogP contribution in [-0.4, -0.2) is 45.5 Å². The van der Waals surface area contributed by atoms with E-state index in [1.165, 1.54) is 0 Å². The van der Waals surface area contributed by atoms with Crippen molar-refractivity contribution in [3.05, 3.63) is 53.9 Å². The zero-order valence-electron chi connectivity index (χ0n) is 12.4. The number of amides is 1. The number of hydrogen-bond donors (Lipinski definition) is 2. The highest BCUT2D eigenvalue weighted by Gasteiger charge is 2.44. The molecule has 2 N–H and O–H groups in total. The molecule has 7 heteroatoms. The lowest BCUT2D eigenvalue weighted by Crippen LogP contribution is -2.55. The molecule has 23 heavy (non-hydrogen) atoms. The normalized spacial score (nSPS) is 20.3. The molecule has 1 aromatic carbocycles. The summed E-state index contributed by atoms with van der Waals surface area (Å²) in [5, 5.41) is 16.1. The molecule has 3 rings (SSSR count). The largest absolute Gasteiger partial charge is 0.479 e. The molecule has 1 atom stereocenters. The highest BCUT2D eigenvalue weighted by Crippen LogP contribution is 2.20. The number of carbonyl (C=O) groups excluding carboxylic acids is 1. The van der Waals surface area contributed by atoms with Gasteiger partial charge in [0.15, 0.2) is 5.54 Å². The Bertz CT molecular complexity index is 689. The van der Waals surface area contributed by atoms with Crippen molar-refractivity contribution in [3.8, 4) is 0 Å². The Morgan fingerprint density at radius 3 is 2.70 bits per heavy atom. The van der Waals surface area contributed by atoms with E-state index in [1.54, 1.807) is 23.0 Å². The third kappa shape index (κ3) is 3.24. The van der Waals surface area contributed by atoms with Crippen molar-refractivity contribution < 1.29 is 19.4 Å². The lowest BCUT2D eigenvalue weighted by Gasteiger charge is -2.23. The Balaban J connectivity index is 1.69. The van der Waals surface area contributed by atoms with E-state index in [1.807, 2.05) is 24.4 Å². The zero-order chi connectivity index (χ0) is 16.3. The molecule has 7 nitrogen and oxygen atoms in total. The minimum atomic E-state index is -1.33. The highest BCUT2D eigenvalue weighted by atomic mass is 16.5. The Labute approximate surface area is 132 Å². The number of ether oxygens (including phenoxy) is 1. The van der Waals surface area contributed by atoms with E-state index >= 15 is 0 Å². The van der Waals surface area contributed by atoms with Crippen LogP contribution in [0.15, 0.2) is 42.7 Å². The molecule has 1 aliphatic heterocycles. The third-order valence-electron chi connectivity index (χ3n) is 3.90. The summed E-state index contributed by atoms with van der Waals surface area (Å²) in [6.45, 7) is 0.933. The molecule has 1 amide bonds. The van der Waals surface area contributed by atoms with E-state index in [2.05, 4.69) is 10.4 Å². The van der Waals surface area contributed by atoms with Crippen LogP contribution >= 0.6 is 0 Å². The molecule has 0 aliphatic carbocycles. The van der Waals surface area contributed by atoms with Gasteiger partial charge in [-0.1, -0.05) is 12.1 Å². The van der Waals surface area contributed by atoms with Gasteiger partial charge in [-0.25, -0.2) is 4.79 Å². The fraction of sp³-hybridized carbons (Fsp3) is 0.312. The Morgan fingerprint density at radius 2 is 2.13 bits per heavy atom. The fourth-order valence-corrected chi connectivity index (χ4v) is 2.52. The van der Waals surface area contributed by atoms with Gasteiger partial charge in [0.1, 0.15) is 0 Å². The summed E-state index contributed by atoms with van der Waals surface area (Å²) < 4.78 is 6.91. The molecule has 0 radical (unpaired) electrons. The quantitative estimate of drug-likeness (QED) is 0.855. The molecule has 1 aliphatic rings. The van der Waals surface area contributed by atoms with Crippen LogP contribution in [0.5, 0.6) is 0 Å². The van der Waals surface area contributed by atoms with Crippen LogP contribution in [0.2, 0.25) is 0 Å². The molecule has 1 saturated heterocycles. The van der Waals surface area contributed by atoms with E-state index < -0.39 is 17.4 Å². The topological polar surface area (TPSA) is 93.5 Å². The highest BCUT2D eigenvalue weighted by molar-refractivity contribution is 5.98. The van der Waals surface area contributed by atoms with Crippen LogP contribution in [0.25, 0.3) is 0 Å². The Hall–Kier alpha value is -2.67. The average Bonchev–Trinajstić information content (AvgIpc) is 3.20. The molecule has 1 fully saturated rings. The maximum atomic E-state index is 12.3. The standard InChI is InChI=1S/C16H17N3O4/c20-14(18-16(15(21)22)6-9-23-11-16)13-4-2-12(3-5-13)10-19-8-1-7-17-19/h1-5,7-8H,6,9-11H2,(H,18,20)(H,21,22). The van der Waals surface area contributed by atoms with Crippen molar-refractivity contribution in [2.45, 2.75) is 18.5 Å². The number of aliphatic carboxylic acids is 1. The molecule has 0 saturated carbocycles. The monoisotopic (exact) mass is 315 g/mol. The lowest BCUT2D eigenvalue weighted by atomic mass is 9.98. The number of carboxylic acids is 1. The van der Waals surface area contributed by atoms with E-state index in [4.69, 9.17) is 4.74 Å². The molecule has 1 aromatic heterocycles. The van der Waals surface area contributed by atoms with Crippen LogP contribution in [0.3, 0.4) is 0 Å². The van der Waals surface area contributed by atoms with Gasteiger partial charge in [-0.2, -0.15) is 5.10 Å². The van der Waals surface area contributed by atoms with Gasteiger partial charge in [0, 0.05) is 31.0 Å². The third-order valence-corrected chi connectivity index (χ3v) is 3.90. The van der Waals surface area contributed by atoms with E-state index in [-0.39, 0.29) is 13.0 Å². The zero-order valence-corrected chi connectivity index (χ0v) is 12.4. The minimum Gasteiger partial charge on any atom is -0.479 e. The van der Waals surface area contributed by atoms with Crippen molar-refractivity contribution in [2.24, 2.45) is 0 Å².